The number of hydrogen-bond donors (Lipinski definition) is 1. The van der Waals surface area contributed by atoms with E-state index in [2.05, 4.69) is 15.9 Å². The Morgan fingerprint density at radius 2 is 2.12 bits per heavy atom. The van der Waals surface area contributed by atoms with Gasteiger partial charge in [0.25, 0.3) is 6.43 Å². The number of benzene rings is 1. The first-order valence-corrected chi connectivity index (χ1v) is 6.15. The van der Waals surface area contributed by atoms with E-state index in [4.69, 9.17) is 4.74 Å². The third kappa shape index (κ3) is 6.71. The molecule has 1 rings (SSSR count). The number of aliphatic hydroxyl groups is 1. The molecule has 1 N–H and O–H groups in total. The van der Waals surface area contributed by atoms with Crippen molar-refractivity contribution in [3.63, 3.8) is 0 Å². The topological polar surface area (TPSA) is 29.5 Å². The Hall–Kier alpha value is -0.520. The number of halogens is 3. The summed E-state index contributed by atoms with van der Waals surface area (Å²) in [5.41, 5.74) is 1.00. The van der Waals surface area contributed by atoms with Crippen LogP contribution in [0.15, 0.2) is 28.7 Å². The van der Waals surface area contributed by atoms with Gasteiger partial charge < -0.3 is 9.84 Å². The van der Waals surface area contributed by atoms with Crippen LogP contribution in [0.4, 0.5) is 8.78 Å². The average molecular weight is 309 g/mol. The maximum absolute atomic E-state index is 11.8. The number of ether oxygens (including phenoxy) is 1. The summed E-state index contributed by atoms with van der Waals surface area (Å²) >= 11 is 3.34. The van der Waals surface area contributed by atoms with Crippen molar-refractivity contribution in [3.8, 4) is 0 Å². The molecule has 17 heavy (non-hydrogen) atoms. The third-order valence-corrected chi connectivity index (χ3v) is 2.69. The van der Waals surface area contributed by atoms with E-state index in [1.165, 1.54) is 0 Å². The Kier molecular flexibility index (Phi) is 6.62. The minimum absolute atomic E-state index is 0.152. The van der Waals surface area contributed by atoms with Gasteiger partial charge in [-0.2, -0.15) is 0 Å². The lowest BCUT2D eigenvalue weighted by Crippen LogP contribution is -2.15. The highest BCUT2D eigenvalue weighted by atomic mass is 79.9. The zero-order valence-corrected chi connectivity index (χ0v) is 10.9. The van der Waals surface area contributed by atoms with Crippen molar-refractivity contribution < 1.29 is 18.6 Å². The van der Waals surface area contributed by atoms with Crippen LogP contribution in [0.3, 0.4) is 0 Å². The largest absolute Gasteiger partial charge is 0.393 e. The number of hydrogen-bond acceptors (Lipinski definition) is 2. The van der Waals surface area contributed by atoms with E-state index >= 15 is 0 Å². The van der Waals surface area contributed by atoms with Crippen molar-refractivity contribution in [1.29, 1.82) is 0 Å². The highest BCUT2D eigenvalue weighted by Crippen LogP contribution is 2.14. The molecular formula is C12H15BrF2O2. The highest BCUT2D eigenvalue weighted by molar-refractivity contribution is 9.10. The summed E-state index contributed by atoms with van der Waals surface area (Å²) in [5.74, 6) is 0. The van der Waals surface area contributed by atoms with Gasteiger partial charge in [0.15, 0.2) is 0 Å². The standard InChI is InChI=1S/C12H15BrF2O2/c13-10-3-1-2-9(6-10)7-11(16)4-5-17-8-12(14)15/h1-3,6,11-12,16H,4-5,7-8H2. The summed E-state index contributed by atoms with van der Waals surface area (Å²) < 4.78 is 29.2. The average Bonchev–Trinajstić information content (AvgIpc) is 2.24. The Morgan fingerprint density at radius 3 is 2.76 bits per heavy atom. The number of alkyl halides is 2. The van der Waals surface area contributed by atoms with E-state index in [1.54, 1.807) is 0 Å². The lowest BCUT2D eigenvalue weighted by atomic mass is 10.1. The number of aliphatic hydroxyl groups excluding tert-OH is 1. The van der Waals surface area contributed by atoms with E-state index in [1.807, 2.05) is 24.3 Å². The van der Waals surface area contributed by atoms with Gasteiger partial charge in [-0.25, -0.2) is 8.78 Å². The molecule has 1 atom stereocenters. The zero-order chi connectivity index (χ0) is 12.7. The summed E-state index contributed by atoms with van der Waals surface area (Å²) in [7, 11) is 0. The third-order valence-electron chi connectivity index (χ3n) is 2.20. The van der Waals surface area contributed by atoms with Gasteiger partial charge in [-0.3, -0.25) is 0 Å². The quantitative estimate of drug-likeness (QED) is 0.785. The minimum atomic E-state index is -2.45. The molecule has 0 aliphatic rings. The molecular weight excluding hydrogens is 294 g/mol. The van der Waals surface area contributed by atoms with Crippen LogP contribution in [0.5, 0.6) is 0 Å². The second-order valence-corrected chi connectivity index (χ2v) is 4.66. The Morgan fingerprint density at radius 1 is 1.35 bits per heavy atom. The molecule has 1 aromatic carbocycles. The van der Waals surface area contributed by atoms with Crippen LogP contribution in [0, 0.1) is 0 Å². The molecule has 2 nitrogen and oxygen atoms in total. The summed E-state index contributed by atoms with van der Waals surface area (Å²) in [6.07, 6.45) is -2.16. The smallest absolute Gasteiger partial charge is 0.261 e. The van der Waals surface area contributed by atoms with Crippen molar-refractivity contribution in [2.45, 2.75) is 25.4 Å². The fourth-order valence-electron chi connectivity index (χ4n) is 1.43. The van der Waals surface area contributed by atoms with Crippen molar-refractivity contribution in [1.82, 2.24) is 0 Å². The van der Waals surface area contributed by atoms with E-state index < -0.39 is 19.1 Å². The molecule has 0 heterocycles. The van der Waals surface area contributed by atoms with Crippen molar-refractivity contribution in [3.05, 3.63) is 34.3 Å². The van der Waals surface area contributed by atoms with Gasteiger partial charge in [0.05, 0.1) is 6.10 Å². The SMILES string of the molecule is OC(CCOCC(F)F)Cc1cccc(Br)c1. The summed E-state index contributed by atoms with van der Waals surface area (Å²) in [6, 6.07) is 7.62. The zero-order valence-electron chi connectivity index (χ0n) is 9.28. The van der Waals surface area contributed by atoms with Gasteiger partial charge in [-0.05, 0) is 30.5 Å². The van der Waals surface area contributed by atoms with Gasteiger partial charge >= 0.3 is 0 Å². The second kappa shape index (κ2) is 7.74. The fourth-order valence-corrected chi connectivity index (χ4v) is 1.88. The summed E-state index contributed by atoms with van der Waals surface area (Å²) in [6.45, 7) is -0.414. The van der Waals surface area contributed by atoms with E-state index in [0.717, 1.165) is 10.0 Å². The van der Waals surface area contributed by atoms with Crippen LogP contribution >= 0.6 is 15.9 Å². The molecule has 0 bridgehead atoms. The maximum Gasteiger partial charge on any atom is 0.261 e. The van der Waals surface area contributed by atoms with Crippen molar-refractivity contribution in [2.24, 2.45) is 0 Å². The predicted molar refractivity (Wildman–Crippen MR) is 65.3 cm³/mol. The molecule has 0 aliphatic heterocycles. The molecule has 0 aliphatic carbocycles. The van der Waals surface area contributed by atoms with Crippen molar-refractivity contribution in [2.75, 3.05) is 13.2 Å². The molecule has 96 valence electrons. The first-order chi connectivity index (χ1) is 8.08. The van der Waals surface area contributed by atoms with Gasteiger partial charge in [-0.1, -0.05) is 28.1 Å². The second-order valence-electron chi connectivity index (χ2n) is 3.74. The minimum Gasteiger partial charge on any atom is -0.393 e. The van der Waals surface area contributed by atoms with Gasteiger partial charge in [0.1, 0.15) is 6.61 Å². The van der Waals surface area contributed by atoms with E-state index in [-0.39, 0.29) is 6.61 Å². The molecule has 1 unspecified atom stereocenters. The van der Waals surface area contributed by atoms with Crippen molar-refractivity contribution >= 4 is 15.9 Å². The van der Waals surface area contributed by atoms with Crippen LogP contribution < -0.4 is 0 Å². The highest BCUT2D eigenvalue weighted by Gasteiger charge is 2.07. The van der Waals surface area contributed by atoms with Gasteiger partial charge in [0, 0.05) is 11.1 Å². The molecule has 0 amide bonds. The lowest BCUT2D eigenvalue weighted by Gasteiger charge is -2.11. The molecule has 0 radical (unpaired) electrons. The molecule has 1 aromatic rings. The Labute approximate surface area is 108 Å². The predicted octanol–water partition coefficient (Wildman–Crippen LogP) is 3.02. The van der Waals surface area contributed by atoms with Crippen LogP contribution in [0.1, 0.15) is 12.0 Å². The van der Waals surface area contributed by atoms with Gasteiger partial charge in [-0.15, -0.1) is 0 Å². The van der Waals surface area contributed by atoms with Gasteiger partial charge in [0.2, 0.25) is 0 Å². The summed E-state index contributed by atoms with van der Waals surface area (Å²) in [5, 5.41) is 9.68. The Balaban J connectivity index is 2.23. The van der Waals surface area contributed by atoms with E-state index in [9.17, 15) is 13.9 Å². The molecule has 0 saturated carbocycles. The molecule has 0 aromatic heterocycles. The van der Waals surface area contributed by atoms with Crippen LogP contribution in [0.25, 0.3) is 0 Å². The first kappa shape index (κ1) is 14.5. The molecule has 0 saturated heterocycles. The maximum atomic E-state index is 11.8. The van der Waals surface area contributed by atoms with E-state index in [0.29, 0.717) is 12.8 Å². The Bertz CT molecular complexity index is 334. The fraction of sp³-hybridized carbons (Fsp3) is 0.500. The molecule has 5 heteroatoms. The number of rotatable bonds is 7. The van der Waals surface area contributed by atoms with Crippen LogP contribution in [0.2, 0.25) is 0 Å². The van der Waals surface area contributed by atoms with Crippen LogP contribution in [-0.2, 0) is 11.2 Å². The monoisotopic (exact) mass is 308 g/mol. The molecule has 0 spiro atoms. The van der Waals surface area contributed by atoms with Crippen LogP contribution in [-0.4, -0.2) is 30.8 Å². The molecule has 0 fully saturated rings. The summed E-state index contributed by atoms with van der Waals surface area (Å²) in [4.78, 5) is 0. The first-order valence-electron chi connectivity index (χ1n) is 5.36. The normalized spacial score (nSPS) is 13.0. The lowest BCUT2D eigenvalue weighted by molar-refractivity contribution is 0.00512.